The fourth-order valence-corrected chi connectivity index (χ4v) is 8.78. The number of aromatic nitrogens is 2. The van der Waals surface area contributed by atoms with Crippen LogP contribution in [0.1, 0.15) is 70.9 Å². The molecule has 1 aromatic heterocycles. The van der Waals surface area contributed by atoms with Crippen LogP contribution in [0.5, 0.6) is 0 Å². The number of β-amino-alcohol motifs (C(OH)–C–C–N with tert-alkyl or cyclic N) is 1. The molecule has 0 radical (unpaired) electrons. The first-order valence-corrected chi connectivity index (χ1v) is 16.3. The molecular weight excluding hydrogens is 567 g/mol. The number of benzene rings is 1. The van der Waals surface area contributed by atoms with E-state index in [1.165, 1.54) is 4.90 Å². The number of sulfone groups is 1. The Morgan fingerprint density at radius 2 is 1.81 bits per heavy atom. The first-order chi connectivity index (χ1) is 19.5. The van der Waals surface area contributed by atoms with E-state index in [9.17, 15) is 26.7 Å². The number of aryl methyl sites for hydroxylation is 1. The maximum Gasteiger partial charge on any atom is 0.421 e. The summed E-state index contributed by atoms with van der Waals surface area (Å²) in [5.41, 5.74) is -0.884. The van der Waals surface area contributed by atoms with Crippen molar-refractivity contribution in [3.05, 3.63) is 35.5 Å². The average Bonchev–Trinajstić information content (AvgIpc) is 2.89. The van der Waals surface area contributed by atoms with Crippen LogP contribution in [0.4, 0.5) is 30.6 Å². The molecule has 2 saturated heterocycles. The monoisotopic (exact) mass is 609 g/mol. The summed E-state index contributed by atoms with van der Waals surface area (Å²) in [4.78, 5) is 12.3. The normalized spacial score (nSPS) is 25.6. The quantitative estimate of drug-likeness (QED) is 0.439. The number of aliphatic hydroxyl groups is 1. The molecule has 0 unspecified atom stereocenters. The van der Waals surface area contributed by atoms with E-state index in [4.69, 9.17) is 0 Å². The molecule has 3 fully saturated rings. The van der Waals surface area contributed by atoms with E-state index in [0.29, 0.717) is 43.1 Å². The van der Waals surface area contributed by atoms with Gasteiger partial charge in [-0.2, -0.15) is 18.2 Å². The summed E-state index contributed by atoms with van der Waals surface area (Å²) in [6.45, 7) is 12.0. The van der Waals surface area contributed by atoms with Crippen molar-refractivity contribution in [2.45, 2.75) is 94.7 Å². The van der Waals surface area contributed by atoms with Gasteiger partial charge in [0.15, 0.2) is 9.84 Å². The molecule has 2 N–H and O–H groups in total. The molecule has 5 rings (SSSR count). The number of hydrogen-bond acceptors (Lipinski definition) is 8. The van der Waals surface area contributed by atoms with Gasteiger partial charge >= 0.3 is 6.18 Å². The number of nitrogens with zero attached hydrogens (tertiary/aromatic N) is 4. The van der Waals surface area contributed by atoms with Gasteiger partial charge in [0.1, 0.15) is 11.4 Å². The third-order valence-electron chi connectivity index (χ3n) is 9.90. The number of alkyl halides is 3. The Morgan fingerprint density at radius 1 is 1.14 bits per heavy atom. The Morgan fingerprint density at radius 3 is 2.38 bits per heavy atom. The van der Waals surface area contributed by atoms with Crippen LogP contribution < -0.4 is 10.2 Å². The zero-order chi connectivity index (χ0) is 30.7. The summed E-state index contributed by atoms with van der Waals surface area (Å²) >= 11 is 0. The molecule has 232 valence electrons. The average molecular weight is 610 g/mol. The molecule has 1 aromatic carbocycles. The van der Waals surface area contributed by atoms with Gasteiger partial charge in [-0.25, -0.2) is 13.4 Å². The summed E-state index contributed by atoms with van der Waals surface area (Å²) in [7, 11) is -3.51. The first kappa shape index (κ1) is 31.0. The Hall–Kier alpha value is -2.44. The van der Waals surface area contributed by atoms with Gasteiger partial charge in [-0.05, 0) is 108 Å². The summed E-state index contributed by atoms with van der Waals surface area (Å²) < 4.78 is 68.6. The molecule has 2 atom stereocenters. The highest BCUT2D eigenvalue weighted by Gasteiger charge is 2.51. The number of hydrogen-bond donors (Lipinski definition) is 2. The number of anilines is 3. The van der Waals surface area contributed by atoms with Crippen LogP contribution in [0.2, 0.25) is 0 Å². The molecule has 1 aliphatic carbocycles. The molecule has 2 aromatic rings. The van der Waals surface area contributed by atoms with Crippen LogP contribution in [-0.4, -0.2) is 71.5 Å². The minimum absolute atomic E-state index is 0.0116. The van der Waals surface area contributed by atoms with Crippen molar-refractivity contribution in [1.82, 2.24) is 14.9 Å². The van der Waals surface area contributed by atoms with Gasteiger partial charge in [0.05, 0.1) is 15.7 Å². The van der Waals surface area contributed by atoms with E-state index in [1.807, 2.05) is 6.92 Å². The second-order valence-electron chi connectivity index (χ2n) is 13.2. The number of nitrogens with one attached hydrogen (secondary N) is 1. The summed E-state index contributed by atoms with van der Waals surface area (Å²) in [5.74, 6) is -0.394. The van der Waals surface area contributed by atoms with E-state index < -0.39 is 32.4 Å². The molecule has 3 aliphatic rings. The molecule has 0 bridgehead atoms. The molecule has 1 spiro atoms. The Kier molecular flexibility index (Phi) is 8.06. The van der Waals surface area contributed by atoms with Crippen LogP contribution in [0.15, 0.2) is 29.3 Å². The lowest BCUT2D eigenvalue weighted by Crippen LogP contribution is -2.52. The topological polar surface area (TPSA) is 98.7 Å². The summed E-state index contributed by atoms with van der Waals surface area (Å²) in [6, 6.07) is 5.27. The van der Waals surface area contributed by atoms with Crippen molar-refractivity contribution in [2.75, 3.05) is 36.4 Å². The van der Waals surface area contributed by atoms with Gasteiger partial charge in [0.2, 0.25) is 5.95 Å². The van der Waals surface area contributed by atoms with Crippen molar-refractivity contribution in [2.24, 2.45) is 11.3 Å². The number of rotatable bonds is 6. The largest absolute Gasteiger partial charge is 0.421 e. The SMILES string of the molecule is Cc1cc(S(=O)(=O)C2CC3(CCN(C(C)C)CC3)C2)ccc1Nc1ncc(C(F)(F)F)c(N2CC[C@@H](C)[C@@](C)(O)C2)n1. The zero-order valence-corrected chi connectivity index (χ0v) is 25.8. The van der Waals surface area contributed by atoms with Crippen LogP contribution in [0, 0.1) is 18.3 Å². The number of piperidine rings is 2. The third kappa shape index (κ3) is 5.99. The Balaban J connectivity index is 1.31. The van der Waals surface area contributed by atoms with Gasteiger partial charge in [0, 0.05) is 31.0 Å². The van der Waals surface area contributed by atoms with Crippen LogP contribution >= 0.6 is 0 Å². The highest BCUT2D eigenvalue weighted by molar-refractivity contribution is 7.92. The van der Waals surface area contributed by atoms with E-state index in [0.717, 1.165) is 32.1 Å². The highest BCUT2D eigenvalue weighted by atomic mass is 32.2. The minimum atomic E-state index is -4.67. The maximum absolute atomic E-state index is 13.9. The minimum Gasteiger partial charge on any atom is -0.388 e. The lowest BCUT2D eigenvalue weighted by Gasteiger charge is -2.52. The Bertz CT molecular complexity index is 1410. The fourth-order valence-electron chi connectivity index (χ4n) is 6.65. The molecule has 12 heteroatoms. The van der Waals surface area contributed by atoms with Gasteiger partial charge in [-0.1, -0.05) is 6.92 Å². The molecule has 0 amide bonds. The van der Waals surface area contributed by atoms with Crippen molar-refractivity contribution in [1.29, 1.82) is 0 Å². The van der Waals surface area contributed by atoms with Crippen molar-refractivity contribution in [3.8, 4) is 0 Å². The second-order valence-corrected chi connectivity index (χ2v) is 15.4. The van der Waals surface area contributed by atoms with Crippen molar-refractivity contribution >= 4 is 27.3 Å². The molecule has 8 nitrogen and oxygen atoms in total. The van der Waals surface area contributed by atoms with E-state index in [-0.39, 0.29) is 34.5 Å². The molecule has 42 heavy (non-hydrogen) atoms. The highest BCUT2D eigenvalue weighted by Crippen LogP contribution is 2.53. The summed E-state index contributed by atoms with van der Waals surface area (Å²) in [5, 5.41) is 13.3. The Labute approximate surface area is 246 Å². The molecule has 3 heterocycles. The van der Waals surface area contributed by atoms with Crippen molar-refractivity contribution < 1.29 is 26.7 Å². The molecular formula is C30H42F3N5O3S. The number of halogens is 3. The smallest absolute Gasteiger partial charge is 0.388 e. The van der Waals surface area contributed by atoms with E-state index >= 15 is 0 Å². The van der Waals surface area contributed by atoms with Gasteiger partial charge in [0.25, 0.3) is 0 Å². The van der Waals surface area contributed by atoms with Crippen LogP contribution in [0.25, 0.3) is 0 Å². The molecule has 2 aliphatic heterocycles. The maximum atomic E-state index is 13.9. The fraction of sp³-hybridized carbons (Fsp3) is 0.667. The predicted octanol–water partition coefficient (Wildman–Crippen LogP) is 5.57. The van der Waals surface area contributed by atoms with Gasteiger partial charge < -0.3 is 20.2 Å². The second kappa shape index (κ2) is 10.9. The van der Waals surface area contributed by atoms with Gasteiger partial charge in [-0.3, -0.25) is 0 Å². The van der Waals surface area contributed by atoms with E-state index in [1.54, 1.807) is 32.0 Å². The number of likely N-dealkylation sites (tertiary alicyclic amines) is 1. The van der Waals surface area contributed by atoms with Crippen molar-refractivity contribution in [3.63, 3.8) is 0 Å². The zero-order valence-electron chi connectivity index (χ0n) is 25.0. The third-order valence-corrected chi connectivity index (χ3v) is 12.0. The lowest BCUT2D eigenvalue weighted by molar-refractivity contribution is -0.137. The van der Waals surface area contributed by atoms with Gasteiger partial charge in [-0.15, -0.1) is 0 Å². The standard InChI is InChI=1S/C30H42F3N5O3S/c1-19(2)37-12-9-29(10-13-37)15-23(16-29)42(40,41)22-6-7-25(20(3)14-22)35-27-34-17-24(30(31,32)33)26(36-27)38-11-8-21(4)28(5,39)18-38/h6-7,14,17,19,21,23,39H,8-13,15-16,18H2,1-5H3,(H,34,35,36)/t21-,28+/m1/s1. The molecule has 1 saturated carbocycles. The lowest BCUT2D eigenvalue weighted by atomic mass is 9.63. The van der Waals surface area contributed by atoms with Crippen LogP contribution in [-0.2, 0) is 16.0 Å². The predicted molar refractivity (Wildman–Crippen MR) is 157 cm³/mol. The first-order valence-electron chi connectivity index (χ1n) is 14.8. The summed E-state index contributed by atoms with van der Waals surface area (Å²) in [6.07, 6.45) is 0.0359. The van der Waals surface area contributed by atoms with E-state index in [2.05, 4.69) is 34.0 Å². The van der Waals surface area contributed by atoms with Crippen LogP contribution in [0.3, 0.4) is 0 Å².